The predicted octanol–water partition coefficient (Wildman–Crippen LogP) is 4.54. The van der Waals surface area contributed by atoms with E-state index >= 15 is 0 Å². The van der Waals surface area contributed by atoms with Crippen molar-refractivity contribution in [3.63, 3.8) is 0 Å². The second-order valence-corrected chi connectivity index (χ2v) is 21.6. The fourth-order valence-electron chi connectivity index (χ4n) is 12.8. The highest BCUT2D eigenvalue weighted by Gasteiger charge is 2.45. The Labute approximate surface area is 426 Å². The summed E-state index contributed by atoms with van der Waals surface area (Å²) in [5.74, 6) is 0.155. The maximum absolute atomic E-state index is 13.8. The first-order valence-electron chi connectivity index (χ1n) is 27.0. The number of piperazine rings is 1. The van der Waals surface area contributed by atoms with E-state index in [0.29, 0.717) is 46.3 Å². The highest BCUT2D eigenvalue weighted by Crippen LogP contribution is 2.38. The van der Waals surface area contributed by atoms with E-state index in [-0.39, 0.29) is 43.2 Å². The number of esters is 1. The van der Waals surface area contributed by atoms with Gasteiger partial charge in [0.05, 0.1) is 29.6 Å². The van der Waals surface area contributed by atoms with Crippen LogP contribution in [0.5, 0.6) is 0 Å². The van der Waals surface area contributed by atoms with Crippen LogP contribution in [-0.4, -0.2) is 163 Å². The van der Waals surface area contributed by atoms with Crippen molar-refractivity contribution in [3.8, 4) is 0 Å². The first-order valence-corrected chi connectivity index (χ1v) is 27.0. The van der Waals surface area contributed by atoms with Crippen LogP contribution in [0.4, 0.5) is 23.1 Å². The molecule has 10 rings (SSSR count). The molecule has 5 aliphatic heterocycles. The number of piperidine rings is 3. The van der Waals surface area contributed by atoms with Gasteiger partial charge in [-0.1, -0.05) is 0 Å². The third-order valence-electron chi connectivity index (χ3n) is 17.1. The van der Waals surface area contributed by atoms with Crippen molar-refractivity contribution in [1.82, 2.24) is 44.7 Å². The molecule has 1 aromatic carbocycles. The van der Waals surface area contributed by atoms with Crippen LogP contribution in [0, 0.1) is 23.7 Å². The first-order chi connectivity index (χ1) is 35.4. The highest BCUT2D eigenvalue weighted by molar-refractivity contribution is 6.23. The zero-order valence-corrected chi connectivity index (χ0v) is 42.4. The van der Waals surface area contributed by atoms with Gasteiger partial charge in [-0.05, 0) is 133 Å². The van der Waals surface area contributed by atoms with Crippen LogP contribution in [0.15, 0.2) is 36.8 Å². The van der Waals surface area contributed by atoms with E-state index in [9.17, 15) is 33.9 Å². The summed E-state index contributed by atoms with van der Waals surface area (Å²) in [5.41, 5.74) is 2.58. The number of anilines is 4. The van der Waals surface area contributed by atoms with E-state index in [1.165, 1.54) is 12.6 Å². The molecular formula is C53H72N12O8. The second-order valence-electron chi connectivity index (χ2n) is 21.6. The molecule has 4 saturated heterocycles. The number of aromatic nitrogens is 4. The summed E-state index contributed by atoms with van der Waals surface area (Å²) in [7, 11) is 1.84. The van der Waals surface area contributed by atoms with Crippen LogP contribution >= 0.6 is 0 Å². The molecule has 2 aromatic heterocycles. The summed E-state index contributed by atoms with van der Waals surface area (Å²) >= 11 is 0. The van der Waals surface area contributed by atoms with Gasteiger partial charge in [0.2, 0.25) is 23.7 Å². The quantitative estimate of drug-likeness (QED) is 0.128. The summed E-state index contributed by atoms with van der Waals surface area (Å²) in [6.45, 7) is 8.81. The summed E-state index contributed by atoms with van der Waals surface area (Å²) < 4.78 is 7.00. The minimum Gasteiger partial charge on any atom is -0.462 e. The molecule has 5 amide bonds. The average molecular weight is 1010 g/mol. The third-order valence-corrected chi connectivity index (χ3v) is 17.1. The minimum atomic E-state index is -0.973. The molecule has 2 aliphatic carbocycles. The number of fused-ring (bicyclic) bond motifs is 1. The molecule has 392 valence electrons. The van der Waals surface area contributed by atoms with Crippen LogP contribution in [0.2, 0.25) is 0 Å². The van der Waals surface area contributed by atoms with Gasteiger partial charge in [0.1, 0.15) is 23.7 Å². The number of ether oxygens (including phenoxy) is 1. The number of nitrogens with zero attached hydrogens (tertiary/aromatic N) is 9. The van der Waals surface area contributed by atoms with Gasteiger partial charge >= 0.3 is 5.97 Å². The van der Waals surface area contributed by atoms with Gasteiger partial charge in [0.25, 0.3) is 11.8 Å². The highest BCUT2D eigenvalue weighted by atomic mass is 16.5. The summed E-state index contributed by atoms with van der Waals surface area (Å²) in [4.78, 5) is 96.7. The van der Waals surface area contributed by atoms with Crippen LogP contribution in [-0.2, 0) is 26.2 Å². The maximum atomic E-state index is 13.8. The lowest BCUT2D eigenvalue weighted by Gasteiger charge is -2.44. The van der Waals surface area contributed by atoms with E-state index in [4.69, 9.17) is 4.74 Å². The van der Waals surface area contributed by atoms with E-state index < -0.39 is 41.9 Å². The fourth-order valence-corrected chi connectivity index (χ4v) is 12.8. The van der Waals surface area contributed by atoms with Crippen molar-refractivity contribution in [3.05, 3.63) is 53.5 Å². The third kappa shape index (κ3) is 11.3. The van der Waals surface area contributed by atoms with Gasteiger partial charge in [-0.2, -0.15) is 10.1 Å². The largest absolute Gasteiger partial charge is 0.462 e. The van der Waals surface area contributed by atoms with Gasteiger partial charge < -0.3 is 30.3 Å². The Kier molecular flexibility index (Phi) is 15.4. The zero-order valence-electron chi connectivity index (χ0n) is 42.4. The molecule has 4 N–H and O–H groups in total. The smallest absolute Gasteiger partial charge is 0.343 e. The maximum Gasteiger partial charge on any atom is 0.343 e. The van der Waals surface area contributed by atoms with Crippen LogP contribution in [0.1, 0.15) is 134 Å². The second kappa shape index (κ2) is 22.2. The molecule has 2 unspecified atom stereocenters. The van der Waals surface area contributed by atoms with Crippen LogP contribution in [0.3, 0.4) is 0 Å². The molecule has 20 heteroatoms. The van der Waals surface area contributed by atoms with E-state index in [1.54, 1.807) is 29.9 Å². The normalized spacial score (nSPS) is 26.4. The van der Waals surface area contributed by atoms with E-state index in [2.05, 4.69) is 50.6 Å². The number of rotatable bonds is 14. The Balaban J connectivity index is 0.613. The van der Waals surface area contributed by atoms with Crippen molar-refractivity contribution >= 4 is 58.6 Å². The average Bonchev–Trinajstić information content (AvgIpc) is 3.93. The molecule has 7 aliphatic rings. The first kappa shape index (κ1) is 50.5. The number of benzene rings is 1. The number of likely N-dealkylation sites (tertiary alicyclic amines) is 1. The number of hydrogen-bond acceptors (Lipinski definition) is 16. The fraction of sp³-hybridized carbons (Fsp3) is 0.642. The van der Waals surface area contributed by atoms with Crippen LogP contribution in [0.25, 0.3) is 0 Å². The summed E-state index contributed by atoms with van der Waals surface area (Å²) in [5, 5.41) is 24.7. The molecule has 20 nitrogen and oxygen atoms in total. The summed E-state index contributed by atoms with van der Waals surface area (Å²) in [6, 6.07) is 5.01. The number of hydrogen-bond donors (Lipinski definition) is 4. The molecule has 0 spiro atoms. The molecule has 2 saturated carbocycles. The van der Waals surface area contributed by atoms with Gasteiger partial charge in [0, 0.05) is 102 Å². The van der Waals surface area contributed by atoms with E-state index in [0.717, 1.165) is 146 Å². The Morgan fingerprint density at radius 2 is 1.52 bits per heavy atom. The Bertz CT molecular complexity index is 2520. The molecule has 3 aromatic rings. The predicted molar refractivity (Wildman–Crippen MR) is 271 cm³/mol. The Morgan fingerprint density at radius 3 is 2.19 bits per heavy atom. The number of aliphatic hydroxyl groups excluding tert-OH is 1. The number of aryl methyl sites for hydroxylation is 1. The van der Waals surface area contributed by atoms with Crippen molar-refractivity contribution in [1.29, 1.82) is 0 Å². The number of amides is 5. The topological polar surface area (TPSA) is 228 Å². The number of aliphatic hydroxyl groups is 1. The molecule has 73 heavy (non-hydrogen) atoms. The monoisotopic (exact) mass is 1000 g/mol. The molecule has 0 bridgehead atoms. The standard InChI is InChI=1S/C53H72N12O8/c1-3-73-52(72)43-31-54-53(57-38-30-55-60(2)32-38)59-46(43)56-37-8-10-39(11-9-37)62-24-26-64(27-25-62)49(69)36-6-4-35(5-7-36)48(68)63-22-18-34(19-23-63)28-33-16-20-61(21-17-33)40-12-13-41-42(29-40)51(71)65(50(41)70)44-14-15-45(66)58-47(44)67/h12-13,29-37,39,44,48,68H,3-11,14-28H2,1-2H3,(H,58,66,67)(H2,54,56,57,59). The number of carbonyl (C=O) groups is 6. The van der Waals surface area contributed by atoms with Gasteiger partial charge in [0.15, 0.2) is 0 Å². The van der Waals surface area contributed by atoms with Crippen LogP contribution < -0.4 is 20.9 Å². The Morgan fingerprint density at radius 1 is 0.822 bits per heavy atom. The van der Waals surface area contributed by atoms with Gasteiger partial charge in [-0.25, -0.2) is 9.78 Å². The van der Waals surface area contributed by atoms with Crippen molar-refractivity contribution < 1.29 is 38.6 Å². The lowest BCUT2D eigenvalue weighted by Crippen LogP contribution is -2.54. The number of carbonyl (C=O) groups excluding carboxylic acids is 6. The molecule has 7 heterocycles. The van der Waals surface area contributed by atoms with Gasteiger partial charge in [-0.15, -0.1) is 0 Å². The molecule has 2 atom stereocenters. The van der Waals surface area contributed by atoms with Crippen molar-refractivity contribution in [2.24, 2.45) is 30.7 Å². The molecule has 0 radical (unpaired) electrons. The summed E-state index contributed by atoms with van der Waals surface area (Å²) in [6.07, 6.45) is 17.5. The van der Waals surface area contributed by atoms with Crippen molar-refractivity contribution in [2.75, 3.05) is 74.5 Å². The number of nitrogens with one attached hydrogen (secondary N) is 3. The SMILES string of the molecule is CCOC(=O)c1cnc(Nc2cnn(C)c2)nc1NC1CCC(N2CCN(C(=O)C3CCC(C(O)N4CCC(CC5CCN(c6ccc7c(c6)C(=O)N(C6CCC(=O)NC6=O)C7=O)CC5)CC4)CC3)CC2)CC1. The lowest BCUT2D eigenvalue weighted by molar-refractivity contribution is -0.140. The minimum absolute atomic E-state index is 0.0276. The van der Waals surface area contributed by atoms with Gasteiger partial charge in [-0.3, -0.25) is 48.7 Å². The zero-order chi connectivity index (χ0) is 50.8. The number of imide groups is 2. The van der Waals surface area contributed by atoms with Crippen molar-refractivity contribution in [2.45, 2.75) is 128 Å². The molecule has 6 fully saturated rings. The lowest BCUT2D eigenvalue weighted by atomic mass is 9.79. The molecular weight excluding hydrogens is 933 g/mol. The van der Waals surface area contributed by atoms with E-state index in [1.807, 2.05) is 19.3 Å². The Hall–Kier alpha value is -5.99.